The van der Waals surface area contributed by atoms with Gasteiger partial charge in [-0.3, -0.25) is 0 Å². The van der Waals surface area contributed by atoms with Crippen molar-refractivity contribution in [1.29, 1.82) is 0 Å². The van der Waals surface area contributed by atoms with Crippen LogP contribution < -0.4 is 0 Å². The zero-order valence-electron chi connectivity index (χ0n) is 85.0. The highest BCUT2D eigenvalue weighted by atomic mass is 32.2. The van der Waals surface area contributed by atoms with Gasteiger partial charge >= 0.3 is 0 Å². The van der Waals surface area contributed by atoms with Gasteiger partial charge in [-0.15, -0.1) is 0 Å². The van der Waals surface area contributed by atoms with Gasteiger partial charge in [0.25, 0.3) is 0 Å². The van der Waals surface area contributed by atoms with Gasteiger partial charge in [0.15, 0.2) is 0 Å². The second-order valence-electron chi connectivity index (χ2n) is 39.6. The monoisotopic (exact) mass is 1840 g/mol. The molecule has 0 atom stereocenters. The highest BCUT2D eigenvalue weighted by Crippen LogP contribution is 2.40. The van der Waals surface area contributed by atoms with E-state index in [1.165, 1.54) is 553 Å². The second-order valence-corrected chi connectivity index (χ2v) is 44.5. The van der Waals surface area contributed by atoms with Crippen LogP contribution >= 0.6 is 47.0 Å². The Labute approximate surface area is 814 Å². The number of ether oxygens (including phenoxy) is 4. The van der Waals surface area contributed by atoms with E-state index in [0.717, 1.165) is 52.1 Å². The molecule has 0 heterocycles. The van der Waals surface area contributed by atoms with Gasteiger partial charge in [-0.1, -0.05) is 511 Å². The van der Waals surface area contributed by atoms with Gasteiger partial charge in [-0.2, -0.15) is 47.0 Å². The summed E-state index contributed by atoms with van der Waals surface area (Å²) in [6.07, 6.45) is 104. The molecule has 0 amide bonds. The Morgan fingerprint density at radius 3 is 0.383 bits per heavy atom. The average molecular weight is 1840 g/mol. The third-order valence-corrected chi connectivity index (χ3v) is 32.1. The number of unbranched alkanes of at least 4 members (excludes halogenated alkanes) is 68. The molecular weight excluding hydrogens is 1630 g/mol. The number of fused-ring (bicyclic) bond motifs is 8. The van der Waals surface area contributed by atoms with Gasteiger partial charge < -0.3 is 18.9 Å². The Morgan fingerprint density at radius 2 is 0.258 bits per heavy atom. The first kappa shape index (κ1) is 117. The number of hydrogen-bond donors (Lipinski definition) is 0. The van der Waals surface area contributed by atoms with Crippen LogP contribution in [0.1, 0.15) is 585 Å². The molecule has 5 rings (SSSR count). The van der Waals surface area contributed by atoms with Crippen molar-refractivity contribution in [2.45, 2.75) is 540 Å². The normalized spacial score (nSPS) is 14.6. The van der Waals surface area contributed by atoms with E-state index in [1.54, 1.807) is 0 Å². The van der Waals surface area contributed by atoms with Gasteiger partial charge in [0.1, 0.15) is 24.4 Å². The molecule has 0 saturated heterocycles. The minimum Gasteiger partial charge on any atom is -0.369 e. The van der Waals surface area contributed by atoms with E-state index < -0.39 is 0 Å². The van der Waals surface area contributed by atoms with Crippen molar-refractivity contribution >= 4 is 47.0 Å². The molecule has 0 aromatic heterocycles. The zero-order valence-corrected chi connectivity index (χ0v) is 88.3. The molecule has 4 aromatic carbocycles. The minimum absolute atomic E-state index is 0.230. The van der Waals surface area contributed by atoms with E-state index in [2.05, 4.69) is 172 Å². The van der Waals surface area contributed by atoms with Crippen LogP contribution in [0, 0.1) is 0 Å². The topological polar surface area (TPSA) is 36.9 Å². The van der Waals surface area contributed by atoms with Crippen LogP contribution in [-0.4, -0.2) is 72.5 Å². The zero-order chi connectivity index (χ0) is 90.1. The maximum atomic E-state index is 7.32. The lowest BCUT2D eigenvalue weighted by Crippen LogP contribution is -2.14. The summed E-state index contributed by atoms with van der Waals surface area (Å²) >= 11 is 8.86. The fraction of sp³-hybridized carbons (Fsp3) is 0.800. The van der Waals surface area contributed by atoms with E-state index in [4.69, 9.17) is 18.9 Å². The summed E-state index contributed by atoms with van der Waals surface area (Å²) in [7, 11) is 0. The third kappa shape index (κ3) is 65.0. The highest BCUT2D eigenvalue weighted by Gasteiger charge is 2.26. The van der Waals surface area contributed by atoms with Crippen molar-refractivity contribution in [3.05, 3.63) is 142 Å². The van der Waals surface area contributed by atoms with Crippen molar-refractivity contribution in [2.75, 3.05) is 72.5 Å². The summed E-state index contributed by atoms with van der Waals surface area (Å²) in [4.78, 5) is 0. The average Bonchev–Trinajstić information content (AvgIpc) is 0.788. The molecule has 1 aliphatic carbocycles. The lowest BCUT2D eigenvalue weighted by molar-refractivity contribution is 0.0684. The predicted octanol–water partition coefficient (Wildman–Crippen LogP) is 41.1. The Bertz CT molecular complexity index is 2490. The molecule has 0 fully saturated rings. The molecule has 0 aliphatic heterocycles. The molecule has 0 N–H and O–H groups in total. The lowest BCUT2D eigenvalue weighted by Gasteiger charge is -2.27. The molecule has 0 spiro atoms. The first-order valence-corrected chi connectivity index (χ1v) is 61.4. The Morgan fingerprint density at radius 1 is 0.148 bits per heavy atom. The third-order valence-electron chi connectivity index (χ3n) is 27.5. The van der Waals surface area contributed by atoms with Gasteiger partial charge in [0, 0.05) is 26.4 Å². The maximum absolute atomic E-state index is 7.32. The smallest absolute Gasteiger partial charge is 0.108 e. The van der Waals surface area contributed by atoms with Crippen LogP contribution in [0.4, 0.5) is 0 Å². The van der Waals surface area contributed by atoms with Crippen LogP contribution in [0.15, 0.2) is 97.1 Å². The van der Waals surface area contributed by atoms with Crippen molar-refractivity contribution < 1.29 is 18.9 Å². The van der Waals surface area contributed by atoms with Gasteiger partial charge in [-0.25, -0.2) is 0 Å². The van der Waals surface area contributed by atoms with Crippen molar-refractivity contribution in [3.8, 4) is 0 Å². The van der Waals surface area contributed by atoms with Gasteiger partial charge in [0.2, 0.25) is 0 Å². The summed E-state index contributed by atoms with van der Waals surface area (Å²) in [5.41, 5.74) is 9.60. The number of thioether (sulfide) groups is 4. The second kappa shape index (κ2) is 90.3. The van der Waals surface area contributed by atoms with Crippen molar-refractivity contribution in [2.24, 2.45) is 0 Å². The first-order valence-electron chi connectivity index (χ1n) is 56.8. The molecular formula is C120H208O4S4. The first-order chi connectivity index (χ1) is 63.7. The number of rotatable bonds is 96. The summed E-state index contributed by atoms with van der Waals surface area (Å²) in [6, 6.07) is 37.6. The molecule has 736 valence electrons. The fourth-order valence-electron chi connectivity index (χ4n) is 19.2. The largest absolute Gasteiger partial charge is 0.369 e. The van der Waals surface area contributed by atoms with E-state index in [1.807, 2.05) is 0 Å². The molecule has 4 aromatic rings. The molecule has 1 aliphatic rings. The van der Waals surface area contributed by atoms with Crippen LogP contribution in [0.2, 0.25) is 0 Å². The van der Waals surface area contributed by atoms with Crippen LogP contribution in [0.5, 0.6) is 0 Å². The quantitative estimate of drug-likeness (QED) is 0.0405. The molecule has 0 unspecified atom stereocenters. The van der Waals surface area contributed by atoms with E-state index in [0.29, 0.717) is 0 Å². The van der Waals surface area contributed by atoms with E-state index in [9.17, 15) is 0 Å². The Balaban J connectivity index is 1.21. The standard InChI is InChI=1S/C120H208O4S4/c1-5-9-13-17-21-25-37-49-61-73-97-125-101-77-65-53-41-29-33-45-57-69-93-121-117-109-85-81-87-111(105-109)118(122-94-70-58-46-34-30-42-54-66-78-102-126-98-74-62-50-38-26-22-18-14-10-6-2)113-89-83-91-115(107-113)120(124-96-72-60-48-36-32-44-56-68-80-104-128-100-76-64-52-40-28-24-20-16-12-8-4)116-92-84-90-114(108-116)119(112-88-82-86-110(117)106-112)123-95-71-59-47-35-31-43-55-67-79-103-127-99-75-63-51-39-27-23-19-15-11-7-3/h81-92,105-108,117-120H,5-80,93-104H2,1-4H3. The molecule has 128 heavy (non-hydrogen) atoms. The minimum atomic E-state index is -0.230. The van der Waals surface area contributed by atoms with Crippen LogP contribution in [0.3, 0.4) is 0 Å². The number of hydrogen-bond acceptors (Lipinski definition) is 8. The maximum Gasteiger partial charge on any atom is 0.108 e. The molecule has 8 bridgehead atoms. The Hall–Kier alpha value is -1.88. The van der Waals surface area contributed by atoms with Crippen LogP contribution in [0.25, 0.3) is 0 Å². The van der Waals surface area contributed by atoms with E-state index >= 15 is 0 Å². The van der Waals surface area contributed by atoms with Crippen molar-refractivity contribution in [1.82, 2.24) is 0 Å². The number of benzene rings is 4. The van der Waals surface area contributed by atoms with Crippen molar-refractivity contribution in [3.63, 3.8) is 0 Å². The lowest BCUT2D eigenvalue weighted by atomic mass is 9.90. The summed E-state index contributed by atoms with van der Waals surface area (Å²) < 4.78 is 29.3. The van der Waals surface area contributed by atoms with Gasteiger partial charge in [0.05, 0.1) is 0 Å². The SMILES string of the molecule is CCCCCCCCCCCCSCCCCCCCCCCCOC1c2cccc(c2)C(OCCCCCCCCCCCSCCCCCCCCCCCC)c2cccc(c2)C(OCCCCCCCCCCCSCCCCCCCCCCCC)c2cccc(c2)C(OCCCCCCCCCCCSCCCCCCCCCCCC)c2cccc1c2. The summed E-state index contributed by atoms with van der Waals surface area (Å²) in [5, 5.41) is 0. The molecule has 8 heteroatoms. The molecule has 0 radical (unpaired) electrons. The Kier molecular flexibility index (Phi) is 82.2. The molecule has 4 nitrogen and oxygen atoms in total. The van der Waals surface area contributed by atoms with E-state index in [-0.39, 0.29) is 24.4 Å². The fourth-order valence-corrected chi connectivity index (χ4v) is 23.3. The predicted molar refractivity (Wildman–Crippen MR) is 580 cm³/mol. The van der Waals surface area contributed by atoms with Crippen LogP contribution in [-0.2, 0) is 18.9 Å². The summed E-state index contributed by atoms with van der Waals surface area (Å²) in [6.45, 7) is 12.2. The highest BCUT2D eigenvalue weighted by molar-refractivity contribution is 7.99. The molecule has 0 saturated carbocycles. The summed E-state index contributed by atoms with van der Waals surface area (Å²) in [5.74, 6) is 10.9. The van der Waals surface area contributed by atoms with Gasteiger partial charge in [-0.05, 0) is 192 Å².